The van der Waals surface area contributed by atoms with E-state index < -0.39 is 5.41 Å². The van der Waals surface area contributed by atoms with Crippen LogP contribution in [0.15, 0.2) is 48.7 Å². The smallest absolute Gasteiger partial charge is 0.252 e. The Kier molecular flexibility index (Phi) is 6.32. The van der Waals surface area contributed by atoms with Crippen molar-refractivity contribution >= 4 is 5.91 Å². The highest BCUT2D eigenvalue weighted by Crippen LogP contribution is 2.21. The van der Waals surface area contributed by atoms with E-state index in [-0.39, 0.29) is 12.5 Å². The highest BCUT2D eigenvalue weighted by molar-refractivity contribution is 5.93. The second-order valence-corrected chi connectivity index (χ2v) is 6.13. The Hall–Kier alpha value is -2.40. The maximum Gasteiger partial charge on any atom is 0.252 e. The second kappa shape index (κ2) is 8.45. The third-order valence-electron chi connectivity index (χ3n) is 3.82. The van der Waals surface area contributed by atoms with Crippen molar-refractivity contribution in [3.63, 3.8) is 0 Å². The van der Waals surface area contributed by atoms with Crippen molar-refractivity contribution in [3.05, 3.63) is 59.8 Å². The summed E-state index contributed by atoms with van der Waals surface area (Å²) in [6.07, 6.45) is 2.18. The van der Waals surface area contributed by atoms with Crippen LogP contribution in [-0.4, -0.2) is 35.8 Å². The van der Waals surface area contributed by atoms with Gasteiger partial charge in [-0.15, -0.1) is 0 Å². The highest BCUT2D eigenvalue weighted by atomic mass is 16.5. The molecule has 0 unspecified atom stereocenters. The van der Waals surface area contributed by atoms with Crippen LogP contribution in [0.25, 0.3) is 0 Å². The first-order chi connectivity index (χ1) is 11.6. The van der Waals surface area contributed by atoms with E-state index in [1.807, 2.05) is 44.2 Å². The van der Waals surface area contributed by atoms with Gasteiger partial charge < -0.3 is 15.2 Å². The number of ether oxygens (including phenoxy) is 1. The van der Waals surface area contributed by atoms with Crippen LogP contribution in [0, 0.1) is 5.41 Å². The molecule has 0 aliphatic carbocycles. The summed E-state index contributed by atoms with van der Waals surface area (Å²) in [4.78, 5) is 16.3. The summed E-state index contributed by atoms with van der Waals surface area (Å²) in [7, 11) is 0. The van der Waals surface area contributed by atoms with Gasteiger partial charge in [-0.2, -0.15) is 0 Å². The van der Waals surface area contributed by atoms with E-state index in [0.717, 1.165) is 5.56 Å². The molecule has 24 heavy (non-hydrogen) atoms. The molecular weight excluding hydrogens is 304 g/mol. The maximum absolute atomic E-state index is 12.3. The molecule has 2 N–H and O–H groups in total. The fourth-order valence-electron chi connectivity index (χ4n) is 2.41. The van der Waals surface area contributed by atoms with E-state index in [1.165, 1.54) is 6.20 Å². The molecular formula is C19H24N2O3. The third-order valence-corrected chi connectivity index (χ3v) is 3.82. The van der Waals surface area contributed by atoms with Crippen LogP contribution < -0.4 is 10.1 Å². The van der Waals surface area contributed by atoms with Gasteiger partial charge >= 0.3 is 0 Å². The standard InChI is InChI=1S/C19H24N2O3/c1-3-24-17-10-9-16(12-20-17)18(23)21-13-19(2,14-22)11-15-7-5-4-6-8-15/h4-10,12,22H,3,11,13-14H2,1-2H3,(H,21,23)/t19-/m0/s1. The molecule has 0 radical (unpaired) electrons. The number of aliphatic hydroxyl groups is 1. The number of rotatable bonds is 8. The number of amides is 1. The molecule has 0 spiro atoms. The quantitative estimate of drug-likeness (QED) is 0.781. The van der Waals surface area contributed by atoms with Crippen LogP contribution in [0.5, 0.6) is 5.88 Å². The molecule has 1 heterocycles. The number of pyridine rings is 1. The molecule has 1 aromatic heterocycles. The van der Waals surface area contributed by atoms with Gasteiger partial charge in [0.1, 0.15) is 0 Å². The molecule has 2 aromatic rings. The predicted octanol–water partition coefficient (Wildman–Crippen LogP) is 2.45. The first-order valence-electron chi connectivity index (χ1n) is 8.08. The minimum Gasteiger partial charge on any atom is -0.478 e. The fraction of sp³-hybridized carbons (Fsp3) is 0.368. The Morgan fingerprint density at radius 1 is 1.25 bits per heavy atom. The normalized spacial score (nSPS) is 13.1. The lowest BCUT2D eigenvalue weighted by molar-refractivity contribution is 0.0895. The Labute approximate surface area is 142 Å². The number of nitrogens with zero attached hydrogens (tertiary/aromatic N) is 1. The molecule has 1 amide bonds. The number of hydrogen-bond acceptors (Lipinski definition) is 4. The van der Waals surface area contributed by atoms with E-state index >= 15 is 0 Å². The molecule has 5 nitrogen and oxygen atoms in total. The first kappa shape index (κ1) is 17.9. The van der Waals surface area contributed by atoms with Crippen LogP contribution in [0.2, 0.25) is 0 Å². The zero-order chi connectivity index (χ0) is 17.4. The van der Waals surface area contributed by atoms with Crippen LogP contribution in [0.3, 0.4) is 0 Å². The van der Waals surface area contributed by atoms with Crippen molar-refractivity contribution in [2.45, 2.75) is 20.3 Å². The van der Waals surface area contributed by atoms with Crippen LogP contribution >= 0.6 is 0 Å². The molecule has 2 rings (SSSR count). The summed E-state index contributed by atoms with van der Waals surface area (Å²) in [5.74, 6) is 0.289. The Morgan fingerprint density at radius 3 is 2.58 bits per heavy atom. The molecule has 0 aliphatic heterocycles. The number of carbonyl (C=O) groups excluding carboxylic acids is 1. The lowest BCUT2D eigenvalue weighted by Gasteiger charge is -2.27. The molecule has 0 bridgehead atoms. The summed E-state index contributed by atoms with van der Waals surface area (Å²) in [6.45, 7) is 4.74. The fourth-order valence-corrected chi connectivity index (χ4v) is 2.41. The van der Waals surface area contributed by atoms with E-state index in [2.05, 4.69) is 10.3 Å². The monoisotopic (exact) mass is 328 g/mol. The number of aliphatic hydroxyl groups excluding tert-OH is 1. The zero-order valence-corrected chi connectivity index (χ0v) is 14.2. The topological polar surface area (TPSA) is 71.5 Å². The van der Waals surface area contributed by atoms with Crippen molar-refractivity contribution in [3.8, 4) is 5.88 Å². The first-order valence-corrected chi connectivity index (χ1v) is 8.08. The van der Waals surface area contributed by atoms with Gasteiger partial charge in [-0.05, 0) is 25.0 Å². The van der Waals surface area contributed by atoms with Gasteiger partial charge in [0.15, 0.2) is 0 Å². The van der Waals surface area contributed by atoms with E-state index in [9.17, 15) is 9.90 Å². The highest BCUT2D eigenvalue weighted by Gasteiger charge is 2.25. The minimum absolute atomic E-state index is 0.0102. The Balaban J connectivity index is 1.95. The van der Waals surface area contributed by atoms with Gasteiger partial charge in [-0.3, -0.25) is 4.79 Å². The van der Waals surface area contributed by atoms with Gasteiger partial charge in [-0.1, -0.05) is 37.3 Å². The molecule has 1 atom stereocenters. The zero-order valence-electron chi connectivity index (χ0n) is 14.2. The van der Waals surface area contributed by atoms with Crippen molar-refractivity contribution in [1.82, 2.24) is 10.3 Å². The number of nitrogens with one attached hydrogen (secondary N) is 1. The lowest BCUT2D eigenvalue weighted by atomic mass is 9.84. The largest absolute Gasteiger partial charge is 0.478 e. The van der Waals surface area contributed by atoms with Crippen molar-refractivity contribution in [1.29, 1.82) is 0 Å². The summed E-state index contributed by atoms with van der Waals surface area (Å²) >= 11 is 0. The van der Waals surface area contributed by atoms with Crippen LogP contribution in [0.1, 0.15) is 29.8 Å². The molecule has 0 aliphatic rings. The van der Waals surface area contributed by atoms with Gasteiger partial charge in [0, 0.05) is 24.2 Å². The number of benzene rings is 1. The number of aromatic nitrogens is 1. The SMILES string of the molecule is CCOc1ccc(C(=O)NC[C@@](C)(CO)Cc2ccccc2)cn1. The number of carbonyl (C=O) groups is 1. The Bertz CT molecular complexity index is 643. The van der Waals surface area contributed by atoms with Gasteiger partial charge in [-0.25, -0.2) is 4.98 Å². The van der Waals surface area contributed by atoms with Gasteiger partial charge in [0.2, 0.25) is 5.88 Å². The third kappa shape index (κ3) is 5.06. The Morgan fingerprint density at radius 2 is 2.00 bits per heavy atom. The number of hydrogen-bond donors (Lipinski definition) is 2. The minimum atomic E-state index is -0.421. The average molecular weight is 328 g/mol. The van der Waals surface area contributed by atoms with Gasteiger partial charge in [0.05, 0.1) is 18.8 Å². The van der Waals surface area contributed by atoms with Crippen LogP contribution in [-0.2, 0) is 6.42 Å². The molecule has 128 valence electrons. The summed E-state index contributed by atoms with van der Waals surface area (Å²) in [5.41, 5.74) is 1.18. The molecule has 0 fully saturated rings. The maximum atomic E-state index is 12.3. The van der Waals surface area contributed by atoms with Crippen molar-refractivity contribution in [2.75, 3.05) is 19.8 Å². The van der Waals surface area contributed by atoms with E-state index in [0.29, 0.717) is 31.0 Å². The molecule has 5 heteroatoms. The van der Waals surface area contributed by atoms with E-state index in [1.54, 1.807) is 12.1 Å². The second-order valence-electron chi connectivity index (χ2n) is 6.13. The summed E-state index contributed by atoms with van der Waals surface area (Å²) in [6, 6.07) is 13.3. The molecule has 0 saturated carbocycles. The average Bonchev–Trinajstić information content (AvgIpc) is 2.61. The molecule has 0 saturated heterocycles. The van der Waals surface area contributed by atoms with Crippen LogP contribution in [0.4, 0.5) is 0 Å². The summed E-state index contributed by atoms with van der Waals surface area (Å²) in [5, 5.41) is 12.6. The van der Waals surface area contributed by atoms with Gasteiger partial charge in [0.25, 0.3) is 5.91 Å². The van der Waals surface area contributed by atoms with Crippen molar-refractivity contribution < 1.29 is 14.6 Å². The van der Waals surface area contributed by atoms with E-state index in [4.69, 9.17) is 4.74 Å². The van der Waals surface area contributed by atoms with Crippen molar-refractivity contribution in [2.24, 2.45) is 5.41 Å². The lowest BCUT2D eigenvalue weighted by Crippen LogP contribution is -2.39. The predicted molar refractivity (Wildman–Crippen MR) is 93.1 cm³/mol. The molecule has 1 aromatic carbocycles. The summed E-state index contributed by atoms with van der Waals surface area (Å²) < 4.78 is 5.26.